The van der Waals surface area contributed by atoms with Crippen molar-refractivity contribution in [3.63, 3.8) is 0 Å². The Morgan fingerprint density at radius 1 is 1.04 bits per heavy atom. The molecule has 0 spiro atoms. The molecule has 0 aliphatic carbocycles. The van der Waals surface area contributed by atoms with Gasteiger partial charge >= 0.3 is 0 Å². The molecule has 0 amide bonds. The minimum absolute atomic E-state index is 0.00506. The van der Waals surface area contributed by atoms with Crippen LogP contribution < -0.4 is 9.88 Å². The zero-order valence-corrected chi connectivity index (χ0v) is 13.2. The van der Waals surface area contributed by atoms with Crippen LogP contribution in [0.3, 0.4) is 0 Å². The monoisotopic (exact) mass is 329 g/mol. The Kier molecular flexibility index (Phi) is 3.89. The highest BCUT2D eigenvalue weighted by atomic mass is 32.2. The van der Waals surface area contributed by atoms with Gasteiger partial charge in [0.25, 0.3) is 0 Å². The highest BCUT2D eigenvalue weighted by Crippen LogP contribution is 2.37. The normalized spacial score (nSPS) is 11.4. The second-order valence-electron chi connectivity index (χ2n) is 4.93. The van der Waals surface area contributed by atoms with Crippen molar-refractivity contribution < 1.29 is 13.2 Å². The van der Waals surface area contributed by atoms with E-state index in [1.165, 1.54) is 6.07 Å². The number of rotatable bonds is 4. The van der Waals surface area contributed by atoms with Gasteiger partial charge < -0.3 is 4.74 Å². The van der Waals surface area contributed by atoms with Gasteiger partial charge in [0.05, 0.1) is 16.2 Å². The molecule has 0 bridgehead atoms. The van der Waals surface area contributed by atoms with Gasteiger partial charge in [-0.05, 0) is 30.3 Å². The Labute approximate surface area is 134 Å². The third-order valence-electron chi connectivity index (χ3n) is 3.34. The summed E-state index contributed by atoms with van der Waals surface area (Å²) in [5.74, 6) is 0.994. The lowest BCUT2D eigenvalue weighted by molar-refractivity contribution is 0.482. The fourth-order valence-corrected chi connectivity index (χ4v) is 3.08. The van der Waals surface area contributed by atoms with Crippen molar-refractivity contribution in [1.29, 1.82) is 0 Å². The number of hydrogen-bond donors (Lipinski definition) is 1. The average Bonchev–Trinajstić information content (AvgIpc) is 2.93. The summed E-state index contributed by atoms with van der Waals surface area (Å²) in [5.41, 5.74) is 0.986. The maximum Gasteiger partial charge on any atom is 0.238 e. The SMILES string of the molecule is Cn1nccc1-c1c(Oc2ccccc2)cccc1S(N)(=O)=O. The van der Waals surface area contributed by atoms with Crippen molar-refractivity contribution >= 4 is 10.0 Å². The molecule has 0 unspecified atom stereocenters. The Morgan fingerprint density at radius 3 is 2.39 bits per heavy atom. The molecule has 3 rings (SSSR count). The average molecular weight is 329 g/mol. The second kappa shape index (κ2) is 5.86. The van der Waals surface area contributed by atoms with Crippen molar-refractivity contribution in [2.24, 2.45) is 12.2 Å². The Morgan fingerprint density at radius 2 is 1.78 bits per heavy atom. The van der Waals surface area contributed by atoms with Crippen LogP contribution in [0.4, 0.5) is 0 Å². The van der Waals surface area contributed by atoms with E-state index >= 15 is 0 Å². The predicted molar refractivity (Wildman–Crippen MR) is 86.5 cm³/mol. The van der Waals surface area contributed by atoms with E-state index < -0.39 is 10.0 Å². The van der Waals surface area contributed by atoms with Crippen molar-refractivity contribution in [2.45, 2.75) is 4.90 Å². The molecule has 118 valence electrons. The zero-order chi connectivity index (χ0) is 16.4. The van der Waals surface area contributed by atoms with Crippen LogP contribution in [0.25, 0.3) is 11.3 Å². The van der Waals surface area contributed by atoms with Crippen LogP contribution in [0, 0.1) is 0 Å². The third kappa shape index (κ3) is 3.10. The highest BCUT2D eigenvalue weighted by Gasteiger charge is 2.22. The van der Waals surface area contributed by atoms with Gasteiger partial charge in [0, 0.05) is 13.2 Å². The number of aromatic nitrogens is 2. The molecule has 1 heterocycles. The van der Waals surface area contributed by atoms with Crippen LogP contribution in [-0.2, 0) is 17.1 Å². The van der Waals surface area contributed by atoms with E-state index in [1.54, 1.807) is 48.3 Å². The van der Waals surface area contributed by atoms with E-state index in [2.05, 4.69) is 5.10 Å². The fourth-order valence-electron chi connectivity index (χ4n) is 2.32. The van der Waals surface area contributed by atoms with Gasteiger partial charge in [0.1, 0.15) is 11.5 Å². The molecule has 7 heteroatoms. The number of nitrogens with two attached hydrogens (primary N) is 1. The quantitative estimate of drug-likeness (QED) is 0.797. The van der Waals surface area contributed by atoms with Crippen molar-refractivity contribution in [3.05, 3.63) is 60.8 Å². The molecule has 0 radical (unpaired) electrons. The molecule has 0 saturated carbocycles. The first-order valence-corrected chi connectivity index (χ1v) is 8.38. The van der Waals surface area contributed by atoms with E-state index in [0.717, 1.165) is 0 Å². The number of hydrogen-bond acceptors (Lipinski definition) is 4. The zero-order valence-electron chi connectivity index (χ0n) is 12.4. The van der Waals surface area contributed by atoms with Gasteiger partial charge in [-0.15, -0.1) is 0 Å². The van der Waals surface area contributed by atoms with Crippen LogP contribution in [0.1, 0.15) is 0 Å². The van der Waals surface area contributed by atoms with Crippen molar-refractivity contribution in [1.82, 2.24) is 9.78 Å². The van der Waals surface area contributed by atoms with Gasteiger partial charge in [0.15, 0.2) is 0 Å². The molecule has 0 atom stereocenters. The van der Waals surface area contributed by atoms with Crippen LogP contribution in [0.15, 0.2) is 65.7 Å². The number of primary sulfonamides is 1. The van der Waals surface area contributed by atoms with E-state index in [0.29, 0.717) is 22.8 Å². The topological polar surface area (TPSA) is 87.2 Å². The van der Waals surface area contributed by atoms with Crippen LogP contribution in [0.5, 0.6) is 11.5 Å². The summed E-state index contributed by atoms with van der Waals surface area (Å²) in [6.07, 6.45) is 1.58. The second-order valence-corrected chi connectivity index (χ2v) is 6.46. The third-order valence-corrected chi connectivity index (χ3v) is 4.30. The van der Waals surface area contributed by atoms with Gasteiger partial charge in [-0.1, -0.05) is 24.3 Å². The smallest absolute Gasteiger partial charge is 0.238 e. The molecular formula is C16H15N3O3S. The summed E-state index contributed by atoms with van der Waals surface area (Å²) in [6, 6.07) is 15.6. The van der Waals surface area contributed by atoms with Crippen LogP contribution >= 0.6 is 0 Å². The van der Waals surface area contributed by atoms with Crippen molar-refractivity contribution in [2.75, 3.05) is 0 Å². The number of benzene rings is 2. The van der Waals surface area contributed by atoms with E-state index in [1.807, 2.05) is 18.2 Å². The lowest BCUT2D eigenvalue weighted by Gasteiger charge is -2.14. The summed E-state index contributed by atoms with van der Waals surface area (Å²) in [7, 11) is -2.19. The molecule has 1 aromatic heterocycles. The molecule has 3 aromatic rings. The van der Waals surface area contributed by atoms with Gasteiger partial charge in [-0.3, -0.25) is 4.68 Å². The van der Waals surface area contributed by atoms with Crippen LogP contribution in [0.2, 0.25) is 0 Å². The van der Waals surface area contributed by atoms with Gasteiger partial charge in [-0.25, -0.2) is 13.6 Å². The summed E-state index contributed by atoms with van der Waals surface area (Å²) in [5, 5.41) is 9.45. The molecule has 2 aromatic carbocycles. The minimum atomic E-state index is -3.91. The van der Waals surface area contributed by atoms with Gasteiger partial charge in [-0.2, -0.15) is 5.10 Å². The molecule has 0 fully saturated rings. The Hall–Kier alpha value is -2.64. The first-order valence-electron chi connectivity index (χ1n) is 6.84. The summed E-state index contributed by atoms with van der Waals surface area (Å²) in [4.78, 5) is -0.00506. The molecule has 2 N–H and O–H groups in total. The standard InChI is InChI=1S/C16H15N3O3S/c1-19-13(10-11-18-19)16-14(22-12-6-3-2-4-7-12)8-5-9-15(16)23(17,20)21/h2-11H,1H3,(H2,17,20,21). The van der Waals surface area contributed by atoms with Gasteiger partial charge in [0.2, 0.25) is 10.0 Å². The lowest BCUT2D eigenvalue weighted by Crippen LogP contribution is -2.14. The number of para-hydroxylation sites is 1. The van der Waals surface area contributed by atoms with Crippen LogP contribution in [-0.4, -0.2) is 18.2 Å². The molecule has 0 saturated heterocycles. The van der Waals surface area contributed by atoms with E-state index in [-0.39, 0.29) is 4.90 Å². The minimum Gasteiger partial charge on any atom is -0.457 e. The van der Waals surface area contributed by atoms with Crippen molar-refractivity contribution in [3.8, 4) is 22.8 Å². The lowest BCUT2D eigenvalue weighted by atomic mass is 10.1. The largest absolute Gasteiger partial charge is 0.457 e. The first kappa shape index (κ1) is 15.3. The molecule has 6 nitrogen and oxygen atoms in total. The number of nitrogens with zero attached hydrogens (tertiary/aromatic N) is 2. The first-order chi connectivity index (χ1) is 11.0. The molecule has 0 aliphatic rings. The van der Waals surface area contributed by atoms with E-state index in [4.69, 9.17) is 9.88 Å². The molecule has 0 aliphatic heterocycles. The molecule has 23 heavy (non-hydrogen) atoms. The number of aryl methyl sites for hydroxylation is 1. The van der Waals surface area contributed by atoms with E-state index in [9.17, 15) is 8.42 Å². The maximum absolute atomic E-state index is 12.0. The predicted octanol–water partition coefficient (Wildman–Crippen LogP) is 2.53. The summed E-state index contributed by atoms with van der Waals surface area (Å²) < 4.78 is 31.3. The number of sulfonamides is 1. The summed E-state index contributed by atoms with van der Waals surface area (Å²) in [6.45, 7) is 0. The maximum atomic E-state index is 12.0. The number of ether oxygens (including phenoxy) is 1. The Balaban J connectivity index is 2.22. The molecular weight excluding hydrogens is 314 g/mol. The fraction of sp³-hybridized carbons (Fsp3) is 0.0625. The highest BCUT2D eigenvalue weighted by molar-refractivity contribution is 7.89. The Bertz CT molecular complexity index is 934. The summed E-state index contributed by atoms with van der Waals surface area (Å²) >= 11 is 0.